The van der Waals surface area contributed by atoms with Gasteiger partial charge in [-0.05, 0) is 74.5 Å². The van der Waals surface area contributed by atoms with Crippen molar-refractivity contribution in [3.63, 3.8) is 0 Å². The molecule has 1 N–H and O–H groups in total. The molecule has 5 heteroatoms. The van der Waals surface area contributed by atoms with Crippen LogP contribution in [0.3, 0.4) is 0 Å². The number of hydrogen-bond acceptors (Lipinski definition) is 4. The molecule has 2 atom stereocenters. The Morgan fingerprint density at radius 1 is 1.61 bits per heavy atom. The van der Waals surface area contributed by atoms with E-state index in [1.54, 1.807) is 0 Å². The van der Waals surface area contributed by atoms with E-state index in [-0.39, 0.29) is 0 Å². The van der Waals surface area contributed by atoms with Crippen LogP contribution in [0.2, 0.25) is 0 Å². The van der Waals surface area contributed by atoms with E-state index in [0.29, 0.717) is 12.0 Å². The van der Waals surface area contributed by atoms with Crippen LogP contribution in [0.15, 0.2) is 6.20 Å². The molecule has 0 bridgehead atoms. The topological polar surface area (TPSA) is 28.2 Å². The van der Waals surface area contributed by atoms with Crippen LogP contribution in [0.1, 0.15) is 37.2 Å². The molecular weight excluding hydrogens is 357 g/mol. The number of likely N-dealkylation sites (tertiary alicyclic amines) is 1. The standard InChI is InChI=1S/C13H22IN3S/c1-3-6-17-7-4-5-10(8-15-2)12(17)13-16-9-11(14)18-13/h9-10,12,15H,3-8H2,1-2H3. The molecule has 0 aromatic carbocycles. The Kier molecular flexibility index (Phi) is 5.85. The molecule has 1 fully saturated rings. The van der Waals surface area contributed by atoms with Gasteiger partial charge in [-0.3, -0.25) is 4.90 Å². The Morgan fingerprint density at radius 3 is 3.06 bits per heavy atom. The molecule has 2 unspecified atom stereocenters. The first-order valence-corrected chi connectivity index (χ1v) is 8.65. The maximum Gasteiger partial charge on any atom is 0.111 e. The Bertz CT molecular complexity index is 351. The van der Waals surface area contributed by atoms with Crippen LogP contribution in [0.4, 0.5) is 0 Å². The molecule has 1 saturated heterocycles. The van der Waals surface area contributed by atoms with E-state index in [2.05, 4.69) is 51.8 Å². The fourth-order valence-electron chi connectivity index (χ4n) is 2.93. The average molecular weight is 379 g/mol. The Balaban J connectivity index is 2.20. The zero-order valence-corrected chi connectivity index (χ0v) is 14.1. The number of halogens is 1. The summed E-state index contributed by atoms with van der Waals surface area (Å²) in [4.78, 5) is 7.29. The summed E-state index contributed by atoms with van der Waals surface area (Å²) in [5.74, 6) is 0.706. The lowest BCUT2D eigenvalue weighted by atomic mass is 9.89. The Morgan fingerprint density at radius 2 is 2.44 bits per heavy atom. The third kappa shape index (κ3) is 3.43. The van der Waals surface area contributed by atoms with Crippen molar-refractivity contribution in [1.29, 1.82) is 0 Å². The summed E-state index contributed by atoms with van der Waals surface area (Å²) >= 11 is 4.24. The van der Waals surface area contributed by atoms with Crippen LogP contribution >= 0.6 is 33.9 Å². The first-order chi connectivity index (χ1) is 8.76. The Hall–Kier alpha value is 0.280. The SMILES string of the molecule is CCCN1CCCC(CNC)C1c1ncc(I)s1. The number of aromatic nitrogens is 1. The van der Waals surface area contributed by atoms with Crippen LogP contribution in [0.5, 0.6) is 0 Å². The van der Waals surface area contributed by atoms with Gasteiger partial charge >= 0.3 is 0 Å². The van der Waals surface area contributed by atoms with Crippen molar-refractivity contribution in [1.82, 2.24) is 15.2 Å². The van der Waals surface area contributed by atoms with E-state index in [9.17, 15) is 0 Å². The monoisotopic (exact) mass is 379 g/mol. The van der Waals surface area contributed by atoms with Crippen molar-refractivity contribution in [3.8, 4) is 0 Å². The summed E-state index contributed by atoms with van der Waals surface area (Å²) in [7, 11) is 2.06. The van der Waals surface area contributed by atoms with E-state index in [1.807, 2.05) is 17.5 Å². The number of nitrogens with one attached hydrogen (secondary N) is 1. The van der Waals surface area contributed by atoms with Gasteiger partial charge in [-0.1, -0.05) is 6.92 Å². The van der Waals surface area contributed by atoms with Crippen molar-refractivity contribution in [2.75, 3.05) is 26.7 Å². The maximum absolute atomic E-state index is 4.65. The summed E-state index contributed by atoms with van der Waals surface area (Å²) in [6.45, 7) is 5.79. The van der Waals surface area contributed by atoms with Crippen LogP contribution in [-0.2, 0) is 0 Å². The Labute approximate surface area is 128 Å². The lowest BCUT2D eigenvalue weighted by Crippen LogP contribution is -2.42. The second kappa shape index (κ2) is 7.17. The summed E-state index contributed by atoms with van der Waals surface area (Å²) in [6, 6.07) is 0.527. The highest BCUT2D eigenvalue weighted by molar-refractivity contribution is 14.1. The van der Waals surface area contributed by atoms with Gasteiger partial charge in [0.05, 0.1) is 15.1 Å². The van der Waals surface area contributed by atoms with E-state index in [0.717, 1.165) is 6.54 Å². The van der Waals surface area contributed by atoms with Crippen molar-refractivity contribution < 1.29 is 0 Å². The van der Waals surface area contributed by atoms with Crippen LogP contribution in [0, 0.1) is 8.80 Å². The van der Waals surface area contributed by atoms with Gasteiger partial charge in [-0.2, -0.15) is 0 Å². The predicted octanol–water partition coefficient (Wildman–Crippen LogP) is 3.13. The molecule has 0 aliphatic carbocycles. The van der Waals surface area contributed by atoms with E-state index in [4.69, 9.17) is 0 Å². The van der Waals surface area contributed by atoms with Crippen LogP contribution in [0.25, 0.3) is 0 Å². The number of thiazole rings is 1. The van der Waals surface area contributed by atoms with Gasteiger partial charge in [0.2, 0.25) is 0 Å². The van der Waals surface area contributed by atoms with Gasteiger partial charge in [0.1, 0.15) is 5.01 Å². The molecule has 0 spiro atoms. The third-order valence-corrected chi connectivity index (χ3v) is 5.38. The van der Waals surface area contributed by atoms with Gasteiger partial charge in [-0.25, -0.2) is 4.98 Å². The normalized spacial score (nSPS) is 25.5. The van der Waals surface area contributed by atoms with Gasteiger partial charge < -0.3 is 5.32 Å². The van der Waals surface area contributed by atoms with Gasteiger partial charge in [0, 0.05) is 0 Å². The molecule has 1 aliphatic heterocycles. The second-order valence-corrected chi connectivity index (χ2v) is 7.90. The third-order valence-electron chi connectivity index (χ3n) is 3.59. The van der Waals surface area contributed by atoms with E-state index >= 15 is 0 Å². The molecule has 1 aromatic rings. The highest BCUT2D eigenvalue weighted by Gasteiger charge is 2.33. The maximum atomic E-state index is 4.65. The number of rotatable bonds is 5. The van der Waals surface area contributed by atoms with Crippen molar-refractivity contribution in [2.24, 2.45) is 5.92 Å². The zero-order valence-electron chi connectivity index (χ0n) is 11.2. The molecule has 102 valence electrons. The largest absolute Gasteiger partial charge is 0.319 e. The highest BCUT2D eigenvalue weighted by Crippen LogP contribution is 2.37. The molecule has 1 aliphatic rings. The first-order valence-electron chi connectivity index (χ1n) is 6.76. The fraction of sp³-hybridized carbons (Fsp3) is 0.769. The molecule has 1 aromatic heterocycles. The molecule has 18 heavy (non-hydrogen) atoms. The molecular formula is C13H22IN3S. The lowest BCUT2D eigenvalue weighted by Gasteiger charge is -2.40. The quantitative estimate of drug-likeness (QED) is 0.797. The lowest BCUT2D eigenvalue weighted by molar-refractivity contribution is 0.0922. The molecule has 0 radical (unpaired) electrons. The van der Waals surface area contributed by atoms with Gasteiger partial charge in [0.15, 0.2) is 0 Å². The molecule has 2 rings (SSSR count). The van der Waals surface area contributed by atoms with E-state index in [1.165, 1.54) is 40.2 Å². The smallest absolute Gasteiger partial charge is 0.111 e. The molecule has 0 saturated carbocycles. The average Bonchev–Trinajstić information content (AvgIpc) is 2.77. The van der Waals surface area contributed by atoms with Crippen molar-refractivity contribution >= 4 is 33.9 Å². The minimum atomic E-state index is 0.527. The van der Waals surface area contributed by atoms with Crippen molar-refractivity contribution in [3.05, 3.63) is 14.1 Å². The number of nitrogens with zero attached hydrogens (tertiary/aromatic N) is 2. The number of hydrogen-bond donors (Lipinski definition) is 1. The molecule has 2 heterocycles. The van der Waals surface area contributed by atoms with E-state index < -0.39 is 0 Å². The fourth-order valence-corrected chi connectivity index (χ4v) is 4.62. The zero-order chi connectivity index (χ0) is 13.0. The van der Waals surface area contributed by atoms with Gasteiger partial charge in [-0.15, -0.1) is 11.3 Å². The molecule has 0 amide bonds. The first kappa shape index (κ1) is 14.7. The predicted molar refractivity (Wildman–Crippen MR) is 86.1 cm³/mol. The van der Waals surface area contributed by atoms with Crippen LogP contribution < -0.4 is 5.32 Å². The number of piperidine rings is 1. The van der Waals surface area contributed by atoms with Crippen molar-refractivity contribution in [2.45, 2.75) is 32.2 Å². The summed E-state index contributed by atoms with van der Waals surface area (Å²) in [6.07, 6.45) is 5.88. The molecule has 3 nitrogen and oxygen atoms in total. The van der Waals surface area contributed by atoms with Gasteiger partial charge in [0.25, 0.3) is 0 Å². The summed E-state index contributed by atoms with van der Waals surface area (Å²) in [5, 5.41) is 4.67. The second-order valence-electron chi connectivity index (χ2n) is 4.94. The van der Waals surface area contributed by atoms with Crippen LogP contribution in [-0.4, -0.2) is 36.6 Å². The minimum absolute atomic E-state index is 0.527. The summed E-state index contributed by atoms with van der Waals surface area (Å²) < 4.78 is 1.30. The highest BCUT2D eigenvalue weighted by atomic mass is 127. The summed E-state index contributed by atoms with van der Waals surface area (Å²) in [5.41, 5.74) is 0. The minimum Gasteiger partial charge on any atom is -0.319 e.